The van der Waals surface area contributed by atoms with Crippen LogP contribution in [-0.4, -0.2) is 44.7 Å². The van der Waals surface area contributed by atoms with Gasteiger partial charge in [-0.05, 0) is 11.8 Å². The molecule has 0 aromatic carbocycles. The van der Waals surface area contributed by atoms with Crippen LogP contribution in [-0.2, 0) is 16.1 Å². The largest absolute Gasteiger partial charge is 0.394 e. The molecular weight excluding hydrogens is 328 g/mol. The summed E-state index contributed by atoms with van der Waals surface area (Å²) in [6.45, 7) is 7.96. The molecule has 2 rings (SSSR count). The number of H-pyrrole nitrogens is 1. The van der Waals surface area contributed by atoms with E-state index in [0.717, 1.165) is 0 Å². The van der Waals surface area contributed by atoms with E-state index in [-0.39, 0.29) is 25.7 Å². The van der Waals surface area contributed by atoms with Crippen LogP contribution in [0.1, 0.15) is 45.9 Å². The number of hydrogen-bond donors (Lipinski definition) is 3. The maximum atomic E-state index is 12.1. The molecule has 0 amide bonds. The number of rotatable bonds is 7. The Kier molecular flexibility index (Phi) is 6.56. The van der Waals surface area contributed by atoms with Gasteiger partial charge in [-0.25, -0.2) is 4.79 Å². The third-order valence-electron chi connectivity index (χ3n) is 4.48. The fraction of sp³-hybridized carbons (Fsp3) is 0.765. The van der Waals surface area contributed by atoms with Gasteiger partial charge in [0.05, 0.1) is 31.0 Å². The average molecular weight is 356 g/mol. The van der Waals surface area contributed by atoms with E-state index in [1.165, 1.54) is 10.8 Å². The molecule has 0 aliphatic carbocycles. The monoisotopic (exact) mass is 356 g/mol. The number of aliphatic hydroxyl groups excluding tert-OH is 2. The van der Waals surface area contributed by atoms with Crippen molar-refractivity contribution in [2.75, 3.05) is 6.61 Å². The zero-order valence-corrected chi connectivity index (χ0v) is 15.1. The first-order valence-electron chi connectivity index (χ1n) is 8.64. The van der Waals surface area contributed by atoms with E-state index in [1.807, 2.05) is 0 Å². The summed E-state index contributed by atoms with van der Waals surface area (Å²) in [7, 11) is 0. The van der Waals surface area contributed by atoms with Gasteiger partial charge in [-0.15, -0.1) is 0 Å². The summed E-state index contributed by atoms with van der Waals surface area (Å²) >= 11 is 0. The van der Waals surface area contributed by atoms with Crippen molar-refractivity contribution >= 4 is 0 Å². The summed E-state index contributed by atoms with van der Waals surface area (Å²) in [5.74, 6) is 0.590. The van der Waals surface area contributed by atoms with Crippen LogP contribution >= 0.6 is 0 Å². The van der Waals surface area contributed by atoms with Gasteiger partial charge >= 0.3 is 5.69 Å². The lowest BCUT2D eigenvalue weighted by atomic mass is 9.96. The molecule has 25 heavy (non-hydrogen) atoms. The second-order valence-corrected chi connectivity index (χ2v) is 7.20. The molecule has 1 aromatic heterocycles. The predicted octanol–water partition coefficient (Wildman–Crippen LogP) is 0.374. The van der Waals surface area contributed by atoms with Gasteiger partial charge in [-0.2, -0.15) is 0 Å². The summed E-state index contributed by atoms with van der Waals surface area (Å²) in [4.78, 5) is 26.4. The Bertz CT molecular complexity index is 672. The molecule has 3 atom stereocenters. The van der Waals surface area contributed by atoms with Crippen molar-refractivity contribution in [2.24, 2.45) is 11.8 Å². The van der Waals surface area contributed by atoms with Crippen LogP contribution in [0.25, 0.3) is 0 Å². The molecule has 3 N–H and O–H groups in total. The van der Waals surface area contributed by atoms with Gasteiger partial charge in [-0.1, -0.05) is 27.7 Å². The number of nitrogens with zero attached hydrogens (tertiary/aromatic N) is 1. The number of nitrogens with one attached hydrogen (secondary N) is 1. The molecule has 0 spiro atoms. The van der Waals surface area contributed by atoms with Crippen molar-refractivity contribution in [3.63, 3.8) is 0 Å². The number of aliphatic hydroxyl groups is 2. The van der Waals surface area contributed by atoms with Crippen molar-refractivity contribution < 1.29 is 19.7 Å². The molecule has 1 aliphatic rings. The first-order valence-corrected chi connectivity index (χ1v) is 8.64. The zero-order chi connectivity index (χ0) is 18.7. The minimum atomic E-state index is -0.861. The van der Waals surface area contributed by atoms with Crippen molar-refractivity contribution in [1.29, 1.82) is 0 Å². The maximum Gasteiger partial charge on any atom is 0.330 e. The van der Waals surface area contributed by atoms with Crippen LogP contribution in [0, 0.1) is 11.8 Å². The molecule has 1 aromatic rings. The summed E-state index contributed by atoms with van der Waals surface area (Å²) in [5, 5.41) is 19.0. The third-order valence-corrected chi connectivity index (χ3v) is 4.48. The second kappa shape index (κ2) is 8.27. The highest BCUT2D eigenvalue weighted by molar-refractivity contribution is 5.04. The van der Waals surface area contributed by atoms with Gasteiger partial charge in [0, 0.05) is 12.6 Å². The molecule has 0 radical (unpaired) electrons. The molecule has 142 valence electrons. The molecule has 8 nitrogen and oxygen atoms in total. The van der Waals surface area contributed by atoms with Gasteiger partial charge in [0.1, 0.15) is 12.3 Å². The molecule has 1 saturated heterocycles. The molecule has 1 aliphatic heterocycles. The van der Waals surface area contributed by atoms with Gasteiger partial charge in [-0.3, -0.25) is 14.3 Å². The topological polar surface area (TPSA) is 114 Å². The molecule has 2 heterocycles. The Labute approximate surface area is 146 Å². The van der Waals surface area contributed by atoms with Gasteiger partial charge in [0.15, 0.2) is 0 Å². The summed E-state index contributed by atoms with van der Waals surface area (Å²) in [6, 6.07) is 0. The molecule has 0 bridgehead atoms. The van der Waals surface area contributed by atoms with E-state index in [4.69, 9.17) is 14.6 Å². The zero-order valence-electron chi connectivity index (χ0n) is 15.1. The van der Waals surface area contributed by atoms with Crippen LogP contribution in [0.5, 0.6) is 0 Å². The lowest BCUT2D eigenvalue weighted by Crippen LogP contribution is -2.35. The first-order chi connectivity index (χ1) is 11.7. The van der Waals surface area contributed by atoms with Crippen LogP contribution in [0.4, 0.5) is 0 Å². The van der Waals surface area contributed by atoms with E-state index in [0.29, 0.717) is 17.4 Å². The lowest BCUT2D eigenvalue weighted by molar-refractivity contribution is -0.0466. The van der Waals surface area contributed by atoms with Gasteiger partial charge in [0.2, 0.25) is 0 Å². The van der Waals surface area contributed by atoms with Crippen LogP contribution in [0.15, 0.2) is 15.8 Å². The molecule has 1 unspecified atom stereocenters. The highest BCUT2D eigenvalue weighted by Crippen LogP contribution is 2.27. The van der Waals surface area contributed by atoms with E-state index < -0.39 is 29.7 Å². The van der Waals surface area contributed by atoms with E-state index in [9.17, 15) is 14.7 Å². The smallest absolute Gasteiger partial charge is 0.330 e. The fourth-order valence-electron chi connectivity index (χ4n) is 3.23. The second-order valence-electron chi connectivity index (χ2n) is 7.20. The van der Waals surface area contributed by atoms with Crippen LogP contribution < -0.4 is 11.2 Å². The Morgan fingerprint density at radius 2 is 1.96 bits per heavy atom. The minimum absolute atomic E-state index is 0.0110. The Morgan fingerprint density at radius 3 is 2.48 bits per heavy atom. The van der Waals surface area contributed by atoms with Crippen molar-refractivity contribution in [2.45, 2.75) is 65.3 Å². The standard InChI is InChI=1S/C17H28N2O6/c1-9(2)15(10(3)4)24-8-11-6-19(17(23)18-16(11)22)14-5-12(21)13(7-20)25-14/h6,9-10,12-15,20-21H,5,7-8H2,1-4H3,(H,18,22,23)/t12?,13-,14-/m1/s1. The molecular formula is C17H28N2O6. The van der Waals surface area contributed by atoms with Gasteiger partial charge in [0.25, 0.3) is 5.56 Å². The molecule has 0 saturated carbocycles. The lowest BCUT2D eigenvalue weighted by Gasteiger charge is -2.25. The maximum absolute atomic E-state index is 12.1. The van der Waals surface area contributed by atoms with Crippen LogP contribution in [0.2, 0.25) is 0 Å². The molecule has 1 fully saturated rings. The first kappa shape index (κ1) is 19.8. The summed E-state index contributed by atoms with van der Waals surface area (Å²) in [6.07, 6.45) is -0.771. The van der Waals surface area contributed by atoms with Gasteiger partial charge < -0.3 is 19.7 Å². The van der Waals surface area contributed by atoms with E-state index >= 15 is 0 Å². The predicted molar refractivity (Wildman–Crippen MR) is 91.2 cm³/mol. The normalized spacial score (nSPS) is 24.0. The quantitative estimate of drug-likeness (QED) is 0.651. The highest BCUT2D eigenvalue weighted by Gasteiger charge is 2.35. The number of hydrogen-bond acceptors (Lipinski definition) is 6. The Morgan fingerprint density at radius 1 is 1.32 bits per heavy atom. The fourth-order valence-corrected chi connectivity index (χ4v) is 3.23. The molecule has 8 heteroatoms. The number of aromatic amines is 1. The number of aromatic nitrogens is 2. The summed E-state index contributed by atoms with van der Waals surface area (Å²) in [5.41, 5.74) is -0.796. The Balaban J connectivity index is 2.21. The van der Waals surface area contributed by atoms with Crippen LogP contribution in [0.3, 0.4) is 0 Å². The van der Waals surface area contributed by atoms with E-state index in [2.05, 4.69) is 32.7 Å². The minimum Gasteiger partial charge on any atom is -0.394 e. The third kappa shape index (κ3) is 4.58. The van der Waals surface area contributed by atoms with Crippen molar-refractivity contribution in [1.82, 2.24) is 9.55 Å². The summed E-state index contributed by atoms with van der Waals surface area (Å²) < 4.78 is 12.6. The van der Waals surface area contributed by atoms with Crippen molar-refractivity contribution in [3.8, 4) is 0 Å². The SMILES string of the molecule is CC(C)C(OCc1cn([C@H]2CC(O)[C@@H](CO)O2)c(=O)[nH]c1=O)C(C)C. The van der Waals surface area contributed by atoms with Crippen molar-refractivity contribution in [3.05, 3.63) is 32.6 Å². The highest BCUT2D eigenvalue weighted by atomic mass is 16.5. The number of ether oxygens (including phenoxy) is 2. The van der Waals surface area contributed by atoms with E-state index in [1.54, 1.807) is 0 Å². The average Bonchev–Trinajstić information content (AvgIpc) is 2.89. The Hall–Kier alpha value is -1.48.